The molecule has 1 aromatic heterocycles. The molecule has 98 valence electrons. The molecule has 0 saturated heterocycles. The van der Waals surface area contributed by atoms with Crippen LogP contribution >= 0.6 is 22.9 Å². The number of halogens is 1. The number of anilines is 2. The molecule has 2 amide bonds. The van der Waals surface area contributed by atoms with Crippen molar-refractivity contribution in [1.82, 2.24) is 0 Å². The molecular weight excluding hydrogens is 284 g/mol. The number of hydrogen-bond donors (Lipinski definition) is 2. The summed E-state index contributed by atoms with van der Waals surface area (Å²) in [5.74, 6) is -0.339. The van der Waals surface area contributed by atoms with Gasteiger partial charge in [0.15, 0.2) is 0 Å². The van der Waals surface area contributed by atoms with Crippen LogP contribution in [-0.4, -0.2) is 11.8 Å². The van der Waals surface area contributed by atoms with Gasteiger partial charge in [0.1, 0.15) is 0 Å². The van der Waals surface area contributed by atoms with Crippen molar-refractivity contribution in [2.45, 2.75) is 6.92 Å². The van der Waals surface area contributed by atoms with Gasteiger partial charge in [-0.15, -0.1) is 11.3 Å². The highest BCUT2D eigenvalue weighted by Gasteiger charge is 2.08. The van der Waals surface area contributed by atoms with Crippen molar-refractivity contribution in [3.05, 3.63) is 45.6 Å². The predicted molar refractivity (Wildman–Crippen MR) is 78.0 cm³/mol. The van der Waals surface area contributed by atoms with E-state index in [1.807, 2.05) is 0 Å². The summed E-state index contributed by atoms with van der Waals surface area (Å²) in [6.45, 7) is 1.44. The van der Waals surface area contributed by atoms with Crippen LogP contribution in [0.2, 0.25) is 5.02 Å². The fourth-order valence-corrected chi connectivity index (χ4v) is 2.43. The Bertz CT molecular complexity index is 607. The van der Waals surface area contributed by atoms with E-state index in [9.17, 15) is 9.59 Å². The van der Waals surface area contributed by atoms with E-state index in [4.69, 9.17) is 11.6 Å². The Balaban J connectivity index is 2.03. The Hall–Kier alpha value is -1.85. The van der Waals surface area contributed by atoms with Gasteiger partial charge in [-0.2, -0.15) is 0 Å². The number of thiophene rings is 1. The zero-order valence-corrected chi connectivity index (χ0v) is 11.6. The summed E-state index contributed by atoms with van der Waals surface area (Å²) in [4.78, 5) is 23.3. The topological polar surface area (TPSA) is 58.2 Å². The van der Waals surface area contributed by atoms with Crippen LogP contribution in [0.25, 0.3) is 0 Å². The van der Waals surface area contributed by atoms with E-state index < -0.39 is 0 Å². The van der Waals surface area contributed by atoms with Gasteiger partial charge in [-0.3, -0.25) is 9.59 Å². The van der Waals surface area contributed by atoms with E-state index >= 15 is 0 Å². The number of carbonyl (C=O) groups excluding carboxylic acids is 2. The largest absolute Gasteiger partial charge is 0.326 e. The second-order valence-electron chi connectivity index (χ2n) is 3.84. The molecular formula is C13H11ClN2O2S. The highest BCUT2D eigenvalue weighted by atomic mass is 35.5. The first kappa shape index (κ1) is 13.6. The minimum Gasteiger partial charge on any atom is -0.326 e. The first-order valence-corrected chi connectivity index (χ1v) is 6.73. The Morgan fingerprint density at radius 2 is 1.68 bits per heavy atom. The van der Waals surface area contributed by atoms with E-state index in [-0.39, 0.29) is 11.8 Å². The molecule has 2 rings (SSSR count). The van der Waals surface area contributed by atoms with Gasteiger partial charge in [0.2, 0.25) is 5.91 Å². The third-order valence-electron chi connectivity index (χ3n) is 2.25. The highest BCUT2D eigenvalue weighted by molar-refractivity contribution is 7.12. The second-order valence-corrected chi connectivity index (χ2v) is 5.19. The van der Waals surface area contributed by atoms with Crippen molar-refractivity contribution in [2.75, 3.05) is 10.6 Å². The molecule has 0 fully saturated rings. The van der Waals surface area contributed by atoms with Gasteiger partial charge >= 0.3 is 0 Å². The molecule has 19 heavy (non-hydrogen) atoms. The Morgan fingerprint density at radius 1 is 1.11 bits per heavy atom. The molecule has 0 aliphatic rings. The minimum atomic E-state index is -0.204. The van der Waals surface area contributed by atoms with E-state index in [1.165, 1.54) is 18.3 Å². The summed E-state index contributed by atoms with van der Waals surface area (Å²) in [6, 6.07) is 8.50. The van der Waals surface area contributed by atoms with Gasteiger partial charge in [-0.1, -0.05) is 11.6 Å². The third kappa shape index (κ3) is 3.81. The summed E-state index contributed by atoms with van der Waals surface area (Å²) < 4.78 is 0. The van der Waals surface area contributed by atoms with Crippen LogP contribution in [0.1, 0.15) is 16.6 Å². The van der Waals surface area contributed by atoms with Crippen molar-refractivity contribution >= 4 is 46.1 Å². The molecule has 0 bridgehead atoms. The molecule has 0 atom stereocenters. The Morgan fingerprint density at radius 3 is 2.16 bits per heavy atom. The average Bonchev–Trinajstić information content (AvgIpc) is 2.78. The van der Waals surface area contributed by atoms with Crippen LogP contribution in [0.4, 0.5) is 11.4 Å². The average molecular weight is 295 g/mol. The van der Waals surface area contributed by atoms with Crippen molar-refractivity contribution in [3.8, 4) is 0 Å². The van der Waals surface area contributed by atoms with Crippen LogP contribution in [0.15, 0.2) is 35.7 Å². The van der Waals surface area contributed by atoms with E-state index in [2.05, 4.69) is 10.6 Å². The fraction of sp³-hybridized carbons (Fsp3) is 0.0769. The van der Waals surface area contributed by atoms with Gasteiger partial charge < -0.3 is 10.6 Å². The number of carbonyl (C=O) groups is 2. The van der Waals surface area contributed by atoms with Gasteiger partial charge in [-0.25, -0.2) is 0 Å². The summed E-state index contributed by atoms with van der Waals surface area (Å²) in [5, 5.41) is 7.66. The van der Waals surface area contributed by atoms with E-state index in [0.29, 0.717) is 21.3 Å². The molecule has 0 saturated carbocycles. The molecule has 2 aromatic rings. The standard InChI is InChI=1S/C13H11ClN2O2S/c1-8(17)15-10-2-4-11(5-3-10)16-13(18)12-6-9(14)7-19-12/h2-7H,1H3,(H,15,17)(H,16,18). The lowest BCUT2D eigenvalue weighted by Gasteiger charge is -2.05. The van der Waals surface area contributed by atoms with Crippen LogP contribution < -0.4 is 10.6 Å². The van der Waals surface area contributed by atoms with Gasteiger partial charge in [-0.05, 0) is 30.3 Å². The lowest BCUT2D eigenvalue weighted by atomic mass is 10.2. The van der Waals surface area contributed by atoms with Crippen molar-refractivity contribution in [3.63, 3.8) is 0 Å². The molecule has 0 radical (unpaired) electrons. The van der Waals surface area contributed by atoms with Gasteiger partial charge in [0, 0.05) is 23.7 Å². The number of nitrogens with one attached hydrogen (secondary N) is 2. The van der Waals surface area contributed by atoms with Gasteiger partial charge in [0.05, 0.1) is 9.90 Å². The molecule has 0 aliphatic heterocycles. The monoisotopic (exact) mass is 294 g/mol. The quantitative estimate of drug-likeness (QED) is 0.908. The molecule has 1 aromatic carbocycles. The third-order valence-corrected chi connectivity index (χ3v) is 3.53. The zero-order valence-electron chi connectivity index (χ0n) is 10.1. The molecule has 4 nitrogen and oxygen atoms in total. The van der Waals surface area contributed by atoms with Crippen LogP contribution in [-0.2, 0) is 4.79 Å². The smallest absolute Gasteiger partial charge is 0.265 e. The summed E-state index contributed by atoms with van der Waals surface area (Å²) in [6.07, 6.45) is 0. The first-order valence-electron chi connectivity index (χ1n) is 5.47. The highest BCUT2D eigenvalue weighted by Crippen LogP contribution is 2.21. The fourth-order valence-electron chi connectivity index (χ4n) is 1.46. The number of amides is 2. The normalized spacial score (nSPS) is 10.0. The van der Waals surface area contributed by atoms with Crippen molar-refractivity contribution < 1.29 is 9.59 Å². The van der Waals surface area contributed by atoms with Crippen LogP contribution in [0.3, 0.4) is 0 Å². The molecule has 0 spiro atoms. The molecule has 2 N–H and O–H groups in total. The first-order chi connectivity index (χ1) is 9.04. The van der Waals surface area contributed by atoms with Gasteiger partial charge in [0.25, 0.3) is 5.91 Å². The molecule has 1 heterocycles. The second kappa shape index (κ2) is 5.86. The zero-order chi connectivity index (χ0) is 13.8. The predicted octanol–water partition coefficient (Wildman–Crippen LogP) is 3.61. The maximum absolute atomic E-state index is 11.9. The number of benzene rings is 1. The summed E-state index contributed by atoms with van der Waals surface area (Å²) in [7, 11) is 0. The van der Waals surface area contributed by atoms with Crippen LogP contribution in [0.5, 0.6) is 0 Å². The molecule has 0 unspecified atom stereocenters. The molecule has 6 heteroatoms. The summed E-state index contributed by atoms with van der Waals surface area (Å²) >= 11 is 7.05. The Kier molecular flexibility index (Phi) is 4.19. The van der Waals surface area contributed by atoms with Crippen LogP contribution in [0, 0.1) is 0 Å². The van der Waals surface area contributed by atoms with E-state index in [1.54, 1.807) is 35.7 Å². The van der Waals surface area contributed by atoms with E-state index in [0.717, 1.165) is 0 Å². The maximum atomic E-state index is 11.9. The maximum Gasteiger partial charge on any atom is 0.265 e. The van der Waals surface area contributed by atoms with Crippen molar-refractivity contribution in [2.24, 2.45) is 0 Å². The van der Waals surface area contributed by atoms with Crippen molar-refractivity contribution in [1.29, 1.82) is 0 Å². The number of rotatable bonds is 3. The SMILES string of the molecule is CC(=O)Nc1ccc(NC(=O)c2cc(Cl)cs2)cc1. The summed E-state index contributed by atoms with van der Waals surface area (Å²) in [5.41, 5.74) is 1.34. The lowest BCUT2D eigenvalue weighted by Crippen LogP contribution is -2.10. The number of hydrogen-bond acceptors (Lipinski definition) is 3. The lowest BCUT2D eigenvalue weighted by molar-refractivity contribution is -0.114. The minimum absolute atomic E-state index is 0.134. The Labute approximate surface area is 119 Å². The molecule has 0 aliphatic carbocycles.